The van der Waals surface area contributed by atoms with Gasteiger partial charge in [0.25, 0.3) is 0 Å². The third-order valence-corrected chi connectivity index (χ3v) is 3.60. The van der Waals surface area contributed by atoms with E-state index >= 15 is 0 Å². The van der Waals surface area contributed by atoms with Gasteiger partial charge in [0, 0.05) is 6.54 Å². The predicted molar refractivity (Wildman–Crippen MR) is 86.1 cm³/mol. The lowest BCUT2D eigenvalue weighted by molar-refractivity contribution is -0.137. The molecule has 0 N–H and O–H groups in total. The molecule has 0 fully saturated rings. The average Bonchev–Trinajstić information content (AvgIpc) is 2.44. The van der Waals surface area contributed by atoms with Crippen molar-refractivity contribution >= 4 is 11.8 Å². The van der Waals surface area contributed by atoms with Gasteiger partial charge in [-0.15, -0.1) is 0 Å². The minimum Gasteiger partial charge on any atom is -0.443 e. The fourth-order valence-electron chi connectivity index (χ4n) is 2.53. The van der Waals surface area contributed by atoms with Crippen LogP contribution < -0.4 is 0 Å². The van der Waals surface area contributed by atoms with Crippen LogP contribution in [0.1, 0.15) is 45.2 Å². The molecule has 24 heavy (non-hydrogen) atoms. The maximum atomic E-state index is 13.0. The molecule has 1 amide bonds. The summed E-state index contributed by atoms with van der Waals surface area (Å²) in [5.41, 5.74) is -0.573. The number of allylic oxidation sites excluding steroid dienone is 1. The van der Waals surface area contributed by atoms with Crippen LogP contribution in [0.25, 0.3) is 5.70 Å². The minimum atomic E-state index is -4.42. The van der Waals surface area contributed by atoms with Crippen molar-refractivity contribution in [2.75, 3.05) is 6.54 Å². The second-order valence-corrected chi connectivity index (χ2v) is 7.10. The standard InChI is InChI=1S/C18H22F3NO2/c1-12-8-9-15(22(11-12)16(23)24-17(2,3)4)13-6-5-7-14(10-13)18(19,20)21/h5-7,9-10,12H,8,11H2,1-4H3. The number of benzene rings is 1. The van der Waals surface area contributed by atoms with Crippen LogP contribution in [-0.4, -0.2) is 23.1 Å². The summed E-state index contributed by atoms with van der Waals surface area (Å²) in [4.78, 5) is 13.9. The van der Waals surface area contributed by atoms with Crippen molar-refractivity contribution in [2.45, 2.75) is 45.9 Å². The Bertz CT molecular complexity index is 644. The highest BCUT2D eigenvalue weighted by atomic mass is 19.4. The van der Waals surface area contributed by atoms with Gasteiger partial charge >= 0.3 is 12.3 Å². The highest BCUT2D eigenvalue weighted by Crippen LogP contribution is 2.34. The molecule has 1 atom stereocenters. The monoisotopic (exact) mass is 341 g/mol. The highest BCUT2D eigenvalue weighted by Gasteiger charge is 2.33. The maximum absolute atomic E-state index is 13.0. The Morgan fingerprint density at radius 1 is 1.25 bits per heavy atom. The molecule has 6 heteroatoms. The van der Waals surface area contributed by atoms with E-state index in [1.807, 2.05) is 6.92 Å². The number of hydrogen-bond acceptors (Lipinski definition) is 2. The van der Waals surface area contributed by atoms with Gasteiger partial charge in [0.05, 0.1) is 11.3 Å². The van der Waals surface area contributed by atoms with Crippen LogP contribution in [0, 0.1) is 5.92 Å². The van der Waals surface area contributed by atoms with E-state index in [0.29, 0.717) is 24.2 Å². The Morgan fingerprint density at radius 2 is 1.92 bits per heavy atom. The Labute approximate surface area is 140 Å². The van der Waals surface area contributed by atoms with Crippen molar-refractivity contribution in [1.82, 2.24) is 4.90 Å². The molecule has 3 nitrogen and oxygen atoms in total. The van der Waals surface area contributed by atoms with Gasteiger partial charge in [-0.3, -0.25) is 4.90 Å². The van der Waals surface area contributed by atoms with Gasteiger partial charge in [-0.1, -0.05) is 25.1 Å². The summed E-state index contributed by atoms with van der Waals surface area (Å²) in [7, 11) is 0. The van der Waals surface area contributed by atoms with E-state index in [2.05, 4.69) is 0 Å². The first kappa shape index (κ1) is 18.4. The Balaban J connectivity index is 2.37. The minimum absolute atomic E-state index is 0.215. The smallest absolute Gasteiger partial charge is 0.416 e. The number of rotatable bonds is 1. The van der Waals surface area contributed by atoms with E-state index in [1.165, 1.54) is 11.0 Å². The molecule has 0 saturated carbocycles. The van der Waals surface area contributed by atoms with Crippen molar-refractivity contribution in [3.63, 3.8) is 0 Å². The first-order chi connectivity index (χ1) is 11.0. The number of carbonyl (C=O) groups excluding carboxylic acids is 1. The second kappa shape index (κ2) is 6.49. The van der Waals surface area contributed by atoms with Crippen LogP contribution in [0.15, 0.2) is 30.3 Å². The highest BCUT2D eigenvalue weighted by molar-refractivity contribution is 5.83. The van der Waals surface area contributed by atoms with Crippen LogP contribution in [0.5, 0.6) is 0 Å². The maximum Gasteiger partial charge on any atom is 0.416 e. The lowest BCUT2D eigenvalue weighted by Crippen LogP contribution is -2.39. The molecule has 1 heterocycles. The molecule has 1 aromatic carbocycles. The molecule has 0 bridgehead atoms. The van der Waals surface area contributed by atoms with Gasteiger partial charge in [-0.05, 0) is 50.8 Å². The number of amides is 1. The van der Waals surface area contributed by atoms with Crippen molar-refractivity contribution in [2.24, 2.45) is 5.92 Å². The molecule has 0 radical (unpaired) electrons. The quantitative estimate of drug-likeness (QED) is 0.691. The molecular formula is C18H22F3NO2. The molecular weight excluding hydrogens is 319 g/mol. The normalized spacial score (nSPS) is 19.0. The summed E-state index contributed by atoms with van der Waals surface area (Å²) in [6.07, 6.45) is -2.47. The Kier molecular flexibility index (Phi) is 4.97. The van der Waals surface area contributed by atoms with Crippen molar-refractivity contribution < 1.29 is 22.7 Å². The number of halogens is 3. The molecule has 0 spiro atoms. The summed E-state index contributed by atoms with van der Waals surface area (Å²) in [6, 6.07) is 5.02. The van der Waals surface area contributed by atoms with Gasteiger partial charge in [0.1, 0.15) is 5.60 Å². The summed E-state index contributed by atoms with van der Waals surface area (Å²) in [5, 5.41) is 0. The number of ether oxygens (including phenoxy) is 1. The summed E-state index contributed by atoms with van der Waals surface area (Å²) in [6.45, 7) is 7.66. The number of nitrogens with zero attached hydrogens (tertiary/aromatic N) is 1. The largest absolute Gasteiger partial charge is 0.443 e. The zero-order valence-electron chi connectivity index (χ0n) is 14.3. The topological polar surface area (TPSA) is 29.5 Å². The summed E-state index contributed by atoms with van der Waals surface area (Å²) in [5.74, 6) is 0.215. The lowest BCUT2D eigenvalue weighted by Gasteiger charge is -2.34. The lowest BCUT2D eigenvalue weighted by atomic mass is 9.97. The van der Waals surface area contributed by atoms with Gasteiger partial charge in [-0.2, -0.15) is 13.2 Å². The van der Waals surface area contributed by atoms with E-state index < -0.39 is 23.4 Å². The van der Waals surface area contributed by atoms with Crippen LogP contribution in [0.3, 0.4) is 0 Å². The molecule has 0 aliphatic carbocycles. The van der Waals surface area contributed by atoms with Gasteiger partial charge in [-0.25, -0.2) is 4.79 Å². The Hall–Kier alpha value is -1.98. The SMILES string of the molecule is CC1CC=C(c2cccc(C(F)(F)F)c2)N(C(=O)OC(C)(C)C)C1. The van der Waals surface area contributed by atoms with Crippen molar-refractivity contribution in [3.05, 3.63) is 41.5 Å². The van der Waals surface area contributed by atoms with Gasteiger partial charge in [0.15, 0.2) is 0 Å². The van der Waals surface area contributed by atoms with Crippen molar-refractivity contribution in [1.29, 1.82) is 0 Å². The molecule has 0 aromatic heterocycles. The third kappa shape index (κ3) is 4.52. The molecule has 1 unspecified atom stereocenters. The fraction of sp³-hybridized carbons (Fsp3) is 0.500. The predicted octanol–water partition coefficient (Wildman–Crippen LogP) is 5.32. The zero-order chi connectivity index (χ0) is 18.1. The van der Waals surface area contributed by atoms with E-state index in [-0.39, 0.29) is 5.92 Å². The summed E-state index contributed by atoms with van der Waals surface area (Å²) < 4.78 is 44.3. The first-order valence-electron chi connectivity index (χ1n) is 7.85. The molecule has 1 aliphatic heterocycles. The van der Waals surface area contributed by atoms with Crippen LogP contribution in [-0.2, 0) is 10.9 Å². The van der Waals surface area contributed by atoms with Crippen LogP contribution in [0.4, 0.5) is 18.0 Å². The van der Waals surface area contributed by atoms with Crippen LogP contribution >= 0.6 is 0 Å². The van der Waals surface area contributed by atoms with Crippen LogP contribution in [0.2, 0.25) is 0 Å². The van der Waals surface area contributed by atoms with E-state index in [1.54, 1.807) is 32.9 Å². The Morgan fingerprint density at radius 3 is 2.50 bits per heavy atom. The average molecular weight is 341 g/mol. The third-order valence-electron chi connectivity index (χ3n) is 3.60. The number of hydrogen-bond donors (Lipinski definition) is 0. The van der Waals surface area contributed by atoms with Crippen molar-refractivity contribution in [3.8, 4) is 0 Å². The van der Waals surface area contributed by atoms with Gasteiger partial charge < -0.3 is 4.74 Å². The van der Waals surface area contributed by atoms with E-state index in [9.17, 15) is 18.0 Å². The second-order valence-electron chi connectivity index (χ2n) is 7.10. The molecule has 0 saturated heterocycles. The zero-order valence-corrected chi connectivity index (χ0v) is 14.3. The van der Waals surface area contributed by atoms with E-state index in [4.69, 9.17) is 4.74 Å². The molecule has 132 valence electrons. The van der Waals surface area contributed by atoms with E-state index in [0.717, 1.165) is 12.1 Å². The molecule has 1 aliphatic rings. The number of alkyl halides is 3. The number of carbonyl (C=O) groups is 1. The molecule has 1 aromatic rings. The van der Waals surface area contributed by atoms with Gasteiger partial charge in [0.2, 0.25) is 0 Å². The summed E-state index contributed by atoms with van der Waals surface area (Å²) >= 11 is 0. The fourth-order valence-corrected chi connectivity index (χ4v) is 2.53. The molecule has 2 rings (SSSR count). The first-order valence-corrected chi connectivity index (χ1v) is 7.85.